The molecule has 0 spiro atoms. The van der Waals surface area contributed by atoms with Crippen LogP contribution < -0.4 is 14.4 Å². The molecule has 4 aromatic carbocycles. The van der Waals surface area contributed by atoms with Crippen LogP contribution in [0.3, 0.4) is 0 Å². The summed E-state index contributed by atoms with van der Waals surface area (Å²) in [5.74, 6) is 0.142. The summed E-state index contributed by atoms with van der Waals surface area (Å²) >= 11 is 0. The Morgan fingerprint density at radius 3 is 2.24 bits per heavy atom. The van der Waals surface area contributed by atoms with E-state index in [1.807, 2.05) is 74.5 Å². The Balaban J connectivity index is 1.64. The molecule has 1 N–H and O–H groups in total. The lowest BCUT2D eigenvalue weighted by Crippen LogP contribution is -2.29. The monoisotopic (exact) mass is 505 g/mol. The van der Waals surface area contributed by atoms with E-state index in [0.29, 0.717) is 40.7 Å². The number of anilines is 1. The minimum Gasteiger partial charge on any atom is -0.507 e. The summed E-state index contributed by atoms with van der Waals surface area (Å²) in [7, 11) is 0. The molecular weight excluding hydrogens is 478 g/mol. The highest BCUT2D eigenvalue weighted by Crippen LogP contribution is 2.43. The Labute approximate surface area is 221 Å². The lowest BCUT2D eigenvalue weighted by Gasteiger charge is -2.26. The fraction of sp³-hybridized carbons (Fsp3) is 0.125. The summed E-state index contributed by atoms with van der Waals surface area (Å²) in [5.41, 5.74) is 2.56. The van der Waals surface area contributed by atoms with Gasteiger partial charge in [-0.15, -0.1) is 0 Å². The second-order valence-electron chi connectivity index (χ2n) is 8.95. The molecule has 1 aliphatic heterocycles. The zero-order chi connectivity index (χ0) is 26.6. The number of nitrogens with zero attached hydrogens (tertiary/aromatic N) is 1. The highest BCUT2D eigenvalue weighted by atomic mass is 16.5. The number of amides is 1. The summed E-state index contributed by atoms with van der Waals surface area (Å²) < 4.78 is 11.5. The molecule has 1 amide bonds. The van der Waals surface area contributed by atoms with E-state index in [2.05, 4.69) is 0 Å². The van der Waals surface area contributed by atoms with Crippen molar-refractivity contribution in [3.8, 4) is 17.2 Å². The number of hydrogen-bond donors (Lipinski definition) is 1. The van der Waals surface area contributed by atoms with E-state index in [-0.39, 0.29) is 11.3 Å². The van der Waals surface area contributed by atoms with E-state index in [1.54, 1.807) is 42.5 Å². The minimum atomic E-state index is -0.859. The van der Waals surface area contributed by atoms with Gasteiger partial charge in [-0.2, -0.15) is 0 Å². The van der Waals surface area contributed by atoms with Gasteiger partial charge in [0.15, 0.2) is 0 Å². The number of aliphatic hydroxyl groups is 1. The van der Waals surface area contributed by atoms with E-state index in [4.69, 9.17) is 9.47 Å². The largest absolute Gasteiger partial charge is 0.507 e. The second-order valence-corrected chi connectivity index (χ2v) is 8.95. The molecule has 1 saturated heterocycles. The first kappa shape index (κ1) is 24.8. The number of hydrogen-bond acceptors (Lipinski definition) is 5. The smallest absolute Gasteiger partial charge is 0.300 e. The number of ketones is 1. The predicted molar refractivity (Wildman–Crippen MR) is 147 cm³/mol. The molecule has 6 heteroatoms. The number of aliphatic hydroxyl groups excluding tert-OH is 1. The maximum Gasteiger partial charge on any atom is 0.300 e. The van der Waals surface area contributed by atoms with E-state index >= 15 is 0 Å². The molecule has 0 aliphatic carbocycles. The van der Waals surface area contributed by atoms with Gasteiger partial charge >= 0.3 is 0 Å². The summed E-state index contributed by atoms with van der Waals surface area (Å²) in [6.07, 6.45) is 0. The van der Waals surface area contributed by atoms with Crippen molar-refractivity contribution in [3.63, 3.8) is 0 Å². The maximum atomic E-state index is 13.5. The summed E-state index contributed by atoms with van der Waals surface area (Å²) in [6.45, 7) is 4.31. The number of para-hydroxylation sites is 1. The molecule has 1 unspecified atom stereocenters. The van der Waals surface area contributed by atoms with Gasteiger partial charge in [-0.25, -0.2) is 0 Å². The van der Waals surface area contributed by atoms with Crippen LogP contribution in [0.2, 0.25) is 0 Å². The Bertz CT molecular complexity index is 1510. The fourth-order valence-corrected chi connectivity index (χ4v) is 4.60. The molecular formula is C32H27NO5. The van der Waals surface area contributed by atoms with Gasteiger partial charge in [0.1, 0.15) is 23.0 Å². The molecule has 0 aromatic heterocycles. The number of carbonyl (C=O) groups excluding carboxylic acids is 2. The fourth-order valence-electron chi connectivity index (χ4n) is 4.60. The van der Waals surface area contributed by atoms with Crippen molar-refractivity contribution in [1.29, 1.82) is 0 Å². The van der Waals surface area contributed by atoms with Gasteiger partial charge in [-0.1, -0.05) is 42.5 Å². The molecule has 6 nitrogen and oxygen atoms in total. The predicted octanol–water partition coefficient (Wildman–Crippen LogP) is 6.81. The van der Waals surface area contributed by atoms with Gasteiger partial charge in [0.05, 0.1) is 18.2 Å². The van der Waals surface area contributed by atoms with Crippen LogP contribution >= 0.6 is 0 Å². The molecule has 38 heavy (non-hydrogen) atoms. The molecule has 4 aromatic rings. The first-order chi connectivity index (χ1) is 18.5. The van der Waals surface area contributed by atoms with Crippen LogP contribution in [-0.2, 0) is 9.59 Å². The van der Waals surface area contributed by atoms with Crippen molar-refractivity contribution in [3.05, 3.63) is 125 Å². The van der Waals surface area contributed by atoms with Crippen LogP contribution in [0.1, 0.15) is 29.7 Å². The average molecular weight is 506 g/mol. The Hall–Kier alpha value is -4.84. The van der Waals surface area contributed by atoms with Crippen molar-refractivity contribution in [1.82, 2.24) is 0 Å². The normalized spacial score (nSPS) is 16.5. The molecule has 5 rings (SSSR count). The summed E-state index contributed by atoms with van der Waals surface area (Å²) in [4.78, 5) is 28.3. The number of rotatable bonds is 7. The minimum absolute atomic E-state index is 0.0116. The third kappa shape index (κ3) is 4.89. The Kier molecular flexibility index (Phi) is 6.96. The van der Waals surface area contributed by atoms with Crippen LogP contribution in [-0.4, -0.2) is 23.4 Å². The average Bonchev–Trinajstić information content (AvgIpc) is 3.20. The van der Waals surface area contributed by atoms with E-state index in [0.717, 1.165) is 5.56 Å². The van der Waals surface area contributed by atoms with E-state index in [1.165, 1.54) is 4.90 Å². The molecule has 0 radical (unpaired) electrons. The van der Waals surface area contributed by atoms with Gasteiger partial charge in [0, 0.05) is 11.3 Å². The quantitative estimate of drug-likeness (QED) is 0.170. The molecule has 1 atom stereocenters. The summed E-state index contributed by atoms with van der Waals surface area (Å²) in [6, 6.07) is 29.9. The van der Waals surface area contributed by atoms with Crippen LogP contribution in [0.15, 0.2) is 109 Å². The van der Waals surface area contributed by atoms with Crippen molar-refractivity contribution < 1.29 is 24.2 Å². The van der Waals surface area contributed by atoms with Gasteiger partial charge in [0.2, 0.25) is 0 Å². The molecule has 190 valence electrons. The molecule has 1 fully saturated rings. The lowest BCUT2D eigenvalue weighted by molar-refractivity contribution is -0.132. The molecule has 0 bridgehead atoms. The Morgan fingerprint density at radius 2 is 1.53 bits per heavy atom. The van der Waals surface area contributed by atoms with Crippen LogP contribution in [0, 0.1) is 6.92 Å². The summed E-state index contributed by atoms with van der Waals surface area (Å²) in [5, 5.41) is 11.4. The SMILES string of the molecule is CCOc1ccc(/C(O)=C2/C(=O)C(=O)N(c3cccc(C)c3)C2c2cccc(Oc3ccccc3)c2)cc1. The van der Waals surface area contributed by atoms with Crippen LogP contribution in [0.4, 0.5) is 5.69 Å². The zero-order valence-electron chi connectivity index (χ0n) is 21.1. The molecule has 0 saturated carbocycles. The third-order valence-electron chi connectivity index (χ3n) is 6.32. The van der Waals surface area contributed by atoms with Crippen molar-refractivity contribution in [2.75, 3.05) is 11.5 Å². The first-order valence-electron chi connectivity index (χ1n) is 12.4. The van der Waals surface area contributed by atoms with E-state index < -0.39 is 17.7 Å². The number of benzene rings is 4. The van der Waals surface area contributed by atoms with Crippen molar-refractivity contribution >= 4 is 23.1 Å². The van der Waals surface area contributed by atoms with Gasteiger partial charge in [0.25, 0.3) is 11.7 Å². The number of ether oxygens (including phenoxy) is 2. The standard InChI is InChI=1S/C32H27NO5/c1-3-37-25-17-15-22(16-18-25)30(34)28-29(33(32(36)31(28)35)24-11-7-9-21(2)19-24)23-10-8-14-27(20-23)38-26-12-5-4-6-13-26/h4-20,29,34H,3H2,1-2H3/b30-28-. The second kappa shape index (κ2) is 10.6. The van der Waals surface area contributed by atoms with Crippen molar-refractivity contribution in [2.45, 2.75) is 19.9 Å². The van der Waals surface area contributed by atoms with Gasteiger partial charge in [-0.3, -0.25) is 14.5 Å². The lowest BCUT2D eigenvalue weighted by atomic mass is 9.95. The van der Waals surface area contributed by atoms with Crippen LogP contribution in [0.5, 0.6) is 17.2 Å². The van der Waals surface area contributed by atoms with Crippen molar-refractivity contribution in [2.24, 2.45) is 0 Å². The zero-order valence-corrected chi connectivity index (χ0v) is 21.1. The topological polar surface area (TPSA) is 76.1 Å². The van der Waals surface area contributed by atoms with Crippen LogP contribution in [0.25, 0.3) is 5.76 Å². The number of carbonyl (C=O) groups is 2. The first-order valence-corrected chi connectivity index (χ1v) is 12.4. The molecule has 1 heterocycles. The Morgan fingerprint density at radius 1 is 0.816 bits per heavy atom. The number of aryl methyl sites for hydroxylation is 1. The maximum absolute atomic E-state index is 13.5. The van der Waals surface area contributed by atoms with Gasteiger partial charge in [-0.05, 0) is 85.6 Å². The molecule has 1 aliphatic rings. The third-order valence-corrected chi connectivity index (χ3v) is 6.32. The number of Topliss-reactive ketones (excluding diaryl/α,β-unsaturated/α-hetero) is 1. The highest BCUT2D eigenvalue weighted by Gasteiger charge is 2.47. The highest BCUT2D eigenvalue weighted by molar-refractivity contribution is 6.51. The van der Waals surface area contributed by atoms with Gasteiger partial charge < -0.3 is 14.6 Å². The van der Waals surface area contributed by atoms with E-state index in [9.17, 15) is 14.7 Å².